The highest BCUT2D eigenvalue weighted by Gasteiger charge is 2.16. The van der Waals surface area contributed by atoms with Crippen LogP contribution in [0, 0.1) is 0 Å². The molecule has 0 atom stereocenters. The SMILES string of the molecule is CCOc1cc(C=NNC(=O)CNC(=O)c2cccc(Br)c2)ccc1OC(=O)c1ccc(Cl)cc1Cl. The first kappa shape index (κ1) is 27.2. The number of nitrogens with one attached hydrogen (secondary N) is 2. The molecule has 0 fully saturated rings. The Balaban J connectivity index is 1.59. The summed E-state index contributed by atoms with van der Waals surface area (Å²) in [6.07, 6.45) is 1.39. The molecular formula is C25H20BrCl2N3O5. The maximum atomic E-state index is 12.5. The Morgan fingerprint density at radius 3 is 2.56 bits per heavy atom. The van der Waals surface area contributed by atoms with Crippen LogP contribution in [-0.4, -0.2) is 37.1 Å². The summed E-state index contributed by atoms with van der Waals surface area (Å²) in [6, 6.07) is 16.0. The van der Waals surface area contributed by atoms with Gasteiger partial charge in [-0.05, 0) is 67.1 Å². The van der Waals surface area contributed by atoms with E-state index in [1.54, 1.807) is 43.3 Å². The van der Waals surface area contributed by atoms with E-state index in [1.807, 2.05) is 0 Å². The summed E-state index contributed by atoms with van der Waals surface area (Å²) in [4.78, 5) is 36.7. The van der Waals surface area contributed by atoms with Crippen molar-refractivity contribution in [3.63, 3.8) is 0 Å². The summed E-state index contributed by atoms with van der Waals surface area (Å²) in [5.74, 6) is -1.08. The lowest BCUT2D eigenvalue weighted by Crippen LogP contribution is -2.34. The molecule has 36 heavy (non-hydrogen) atoms. The number of hydrogen-bond donors (Lipinski definition) is 2. The van der Waals surface area contributed by atoms with Crippen LogP contribution in [-0.2, 0) is 4.79 Å². The van der Waals surface area contributed by atoms with E-state index in [-0.39, 0.29) is 28.8 Å². The molecule has 0 saturated carbocycles. The topological polar surface area (TPSA) is 106 Å². The fourth-order valence-corrected chi connectivity index (χ4v) is 3.76. The monoisotopic (exact) mass is 591 g/mol. The van der Waals surface area contributed by atoms with Gasteiger partial charge in [0, 0.05) is 15.1 Å². The highest BCUT2D eigenvalue weighted by atomic mass is 79.9. The van der Waals surface area contributed by atoms with Crippen molar-refractivity contribution in [1.82, 2.24) is 10.7 Å². The van der Waals surface area contributed by atoms with Crippen LogP contribution in [0.4, 0.5) is 0 Å². The molecule has 0 aliphatic heterocycles. The average Bonchev–Trinajstić information content (AvgIpc) is 2.84. The second-order valence-corrected chi connectivity index (χ2v) is 8.90. The van der Waals surface area contributed by atoms with Gasteiger partial charge in [-0.2, -0.15) is 5.10 Å². The van der Waals surface area contributed by atoms with Crippen molar-refractivity contribution in [3.8, 4) is 11.5 Å². The minimum Gasteiger partial charge on any atom is -0.490 e. The van der Waals surface area contributed by atoms with Crippen LogP contribution in [0.2, 0.25) is 10.0 Å². The fraction of sp³-hybridized carbons (Fsp3) is 0.120. The third-order valence-corrected chi connectivity index (χ3v) is 5.56. The molecule has 0 radical (unpaired) electrons. The summed E-state index contributed by atoms with van der Waals surface area (Å²) < 4.78 is 11.8. The summed E-state index contributed by atoms with van der Waals surface area (Å²) in [5.41, 5.74) is 3.48. The second-order valence-electron chi connectivity index (χ2n) is 7.14. The van der Waals surface area contributed by atoms with Gasteiger partial charge < -0.3 is 14.8 Å². The Kier molecular flexibility index (Phi) is 9.86. The quantitative estimate of drug-likeness (QED) is 0.153. The summed E-state index contributed by atoms with van der Waals surface area (Å²) in [5, 5.41) is 6.97. The van der Waals surface area contributed by atoms with Gasteiger partial charge in [0.25, 0.3) is 11.8 Å². The van der Waals surface area contributed by atoms with Gasteiger partial charge >= 0.3 is 5.97 Å². The predicted molar refractivity (Wildman–Crippen MR) is 141 cm³/mol. The normalized spacial score (nSPS) is 10.7. The van der Waals surface area contributed by atoms with Gasteiger partial charge in [0.05, 0.1) is 30.0 Å². The Labute approximate surface area is 225 Å². The molecule has 0 saturated heterocycles. The van der Waals surface area contributed by atoms with Crippen molar-refractivity contribution in [2.75, 3.05) is 13.2 Å². The Morgan fingerprint density at radius 2 is 1.83 bits per heavy atom. The van der Waals surface area contributed by atoms with Crippen molar-refractivity contribution in [2.45, 2.75) is 6.92 Å². The van der Waals surface area contributed by atoms with Crippen LogP contribution >= 0.6 is 39.1 Å². The van der Waals surface area contributed by atoms with Crippen LogP contribution in [0.15, 0.2) is 70.2 Å². The van der Waals surface area contributed by atoms with Crippen LogP contribution in [0.3, 0.4) is 0 Å². The van der Waals surface area contributed by atoms with Crippen LogP contribution in [0.1, 0.15) is 33.2 Å². The van der Waals surface area contributed by atoms with Gasteiger partial charge in [-0.3, -0.25) is 9.59 Å². The fourth-order valence-electron chi connectivity index (χ4n) is 2.88. The van der Waals surface area contributed by atoms with Gasteiger partial charge in [0.2, 0.25) is 0 Å². The smallest absolute Gasteiger partial charge is 0.345 e. The molecule has 0 bridgehead atoms. The summed E-state index contributed by atoms with van der Waals surface area (Å²) in [6.45, 7) is 1.85. The van der Waals surface area contributed by atoms with E-state index in [1.165, 1.54) is 30.5 Å². The number of amides is 2. The van der Waals surface area contributed by atoms with Gasteiger partial charge in [0.15, 0.2) is 11.5 Å². The molecule has 0 spiro atoms. The van der Waals surface area contributed by atoms with Gasteiger partial charge in [-0.1, -0.05) is 45.2 Å². The van der Waals surface area contributed by atoms with Gasteiger partial charge in [-0.25, -0.2) is 10.2 Å². The number of rotatable bonds is 9. The molecule has 0 aliphatic rings. The molecule has 3 aromatic rings. The largest absolute Gasteiger partial charge is 0.490 e. The van der Waals surface area contributed by atoms with E-state index in [0.717, 1.165) is 4.47 Å². The van der Waals surface area contributed by atoms with E-state index >= 15 is 0 Å². The summed E-state index contributed by atoms with van der Waals surface area (Å²) in [7, 11) is 0. The number of carbonyl (C=O) groups excluding carboxylic acids is 3. The molecule has 186 valence electrons. The first-order valence-electron chi connectivity index (χ1n) is 10.6. The number of nitrogens with zero attached hydrogens (tertiary/aromatic N) is 1. The van der Waals surface area contributed by atoms with E-state index in [0.29, 0.717) is 28.5 Å². The highest BCUT2D eigenvalue weighted by Crippen LogP contribution is 2.30. The van der Waals surface area contributed by atoms with Crippen molar-refractivity contribution < 1.29 is 23.9 Å². The van der Waals surface area contributed by atoms with Crippen molar-refractivity contribution in [1.29, 1.82) is 0 Å². The number of carbonyl (C=O) groups is 3. The predicted octanol–water partition coefficient (Wildman–Crippen LogP) is 5.25. The van der Waals surface area contributed by atoms with Crippen molar-refractivity contribution in [3.05, 3.63) is 91.9 Å². The molecule has 0 unspecified atom stereocenters. The molecular weight excluding hydrogens is 573 g/mol. The van der Waals surface area contributed by atoms with Gasteiger partial charge in [0.1, 0.15) is 0 Å². The first-order valence-corrected chi connectivity index (χ1v) is 12.1. The lowest BCUT2D eigenvalue weighted by molar-refractivity contribution is -0.120. The zero-order valence-electron chi connectivity index (χ0n) is 18.9. The number of ether oxygens (including phenoxy) is 2. The molecule has 2 N–H and O–H groups in total. The molecule has 0 heterocycles. The van der Waals surface area contributed by atoms with Crippen molar-refractivity contribution in [2.24, 2.45) is 5.10 Å². The number of esters is 1. The van der Waals surface area contributed by atoms with Crippen molar-refractivity contribution >= 4 is 63.1 Å². The number of benzene rings is 3. The molecule has 0 aliphatic carbocycles. The lowest BCUT2D eigenvalue weighted by atomic mass is 10.2. The standard InChI is InChI=1S/C25H20BrCl2N3O5/c1-2-35-22-10-15(6-9-21(22)36-25(34)19-8-7-18(27)12-20(19)28)13-30-31-23(32)14-29-24(33)16-4-3-5-17(26)11-16/h3-13H,2,14H2,1H3,(H,29,33)(H,31,32). The number of hydrogen-bond acceptors (Lipinski definition) is 6. The third kappa shape index (κ3) is 7.81. The molecule has 0 aromatic heterocycles. The Bertz CT molecular complexity index is 1320. The van der Waals surface area contributed by atoms with E-state index in [2.05, 4.69) is 31.8 Å². The first-order chi connectivity index (χ1) is 17.3. The molecule has 2 amide bonds. The van der Waals surface area contributed by atoms with Crippen LogP contribution in [0.25, 0.3) is 0 Å². The maximum absolute atomic E-state index is 12.5. The number of hydrazone groups is 1. The molecule has 8 nitrogen and oxygen atoms in total. The Hall–Kier alpha value is -3.40. The zero-order valence-corrected chi connectivity index (χ0v) is 22.0. The zero-order chi connectivity index (χ0) is 26.1. The number of halogens is 3. The summed E-state index contributed by atoms with van der Waals surface area (Å²) >= 11 is 15.2. The second kappa shape index (κ2) is 13.1. The minimum absolute atomic E-state index is 0.156. The van der Waals surface area contributed by atoms with E-state index in [4.69, 9.17) is 32.7 Å². The third-order valence-electron chi connectivity index (χ3n) is 4.52. The molecule has 3 rings (SSSR count). The van der Waals surface area contributed by atoms with Gasteiger partial charge in [-0.15, -0.1) is 0 Å². The molecule has 11 heteroatoms. The Morgan fingerprint density at radius 1 is 1.03 bits per heavy atom. The minimum atomic E-state index is -0.670. The average molecular weight is 593 g/mol. The highest BCUT2D eigenvalue weighted by molar-refractivity contribution is 9.10. The maximum Gasteiger partial charge on any atom is 0.345 e. The van der Waals surface area contributed by atoms with E-state index in [9.17, 15) is 14.4 Å². The van der Waals surface area contributed by atoms with Crippen LogP contribution < -0.4 is 20.2 Å². The van der Waals surface area contributed by atoms with E-state index < -0.39 is 11.9 Å². The lowest BCUT2D eigenvalue weighted by Gasteiger charge is -2.12. The van der Waals surface area contributed by atoms with Crippen LogP contribution in [0.5, 0.6) is 11.5 Å². The molecule has 3 aromatic carbocycles.